The number of methoxy groups -OCH3 is 1. The number of rotatable bonds is 7. The maximum atomic E-state index is 12.2. The van der Waals surface area contributed by atoms with Crippen molar-refractivity contribution < 1.29 is 14.5 Å². The van der Waals surface area contributed by atoms with Crippen LogP contribution in [0.15, 0.2) is 61.2 Å². The van der Waals surface area contributed by atoms with Crippen molar-refractivity contribution in [2.45, 2.75) is 6.54 Å². The summed E-state index contributed by atoms with van der Waals surface area (Å²) in [7, 11) is 1.55. The van der Waals surface area contributed by atoms with Crippen molar-refractivity contribution in [1.29, 1.82) is 0 Å². The van der Waals surface area contributed by atoms with E-state index in [0.717, 1.165) is 11.1 Å². The molecule has 1 aromatic carbocycles. The highest BCUT2D eigenvalue weighted by Gasteiger charge is 2.11. The van der Waals surface area contributed by atoms with Gasteiger partial charge in [0, 0.05) is 23.5 Å². The molecule has 0 unspecified atom stereocenters. The summed E-state index contributed by atoms with van der Waals surface area (Å²) in [5.74, 6) is 0.479. The van der Waals surface area contributed by atoms with E-state index in [0.29, 0.717) is 17.9 Å². The smallest absolute Gasteiger partial charge is 0.307 e. The second-order valence-electron chi connectivity index (χ2n) is 5.66. The number of hydrogen-bond donors (Lipinski definition) is 0. The van der Waals surface area contributed by atoms with E-state index >= 15 is 0 Å². The lowest BCUT2D eigenvalue weighted by molar-refractivity contribution is -0.385. The first-order valence-electron chi connectivity index (χ1n) is 8.03. The van der Waals surface area contributed by atoms with Crippen molar-refractivity contribution in [3.63, 3.8) is 0 Å². The molecule has 3 aromatic rings. The fourth-order valence-corrected chi connectivity index (χ4v) is 2.51. The number of benzene rings is 1. The van der Waals surface area contributed by atoms with Crippen LogP contribution in [0, 0.1) is 10.1 Å². The summed E-state index contributed by atoms with van der Waals surface area (Å²) in [5.41, 5.74) is 2.01. The number of ketones is 1. The van der Waals surface area contributed by atoms with Crippen LogP contribution in [0.5, 0.6) is 5.75 Å². The van der Waals surface area contributed by atoms with Crippen LogP contribution in [0.1, 0.15) is 21.5 Å². The third-order valence-electron chi connectivity index (χ3n) is 3.84. The molecule has 0 aliphatic heterocycles. The molecule has 2 aromatic heterocycles. The maximum Gasteiger partial charge on any atom is 0.307 e. The van der Waals surface area contributed by atoms with Crippen LogP contribution in [-0.4, -0.2) is 32.6 Å². The summed E-state index contributed by atoms with van der Waals surface area (Å²) in [6.45, 7) is 0.301. The summed E-state index contributed by atoms with van der Waals surface area (Å²) in [4.78, 5) is 26.4. The molecule has 0 aliphatic carbocycles. The molecule has 0 radical (unpaired) electrons. The normalized spacial score (nSPS) is 10.9. The molecule has 0 saturated carbocycles. The van der Waals surface area contributed by atoms with Gasteiger partial charge < -0.3 is 4.74 Å². The molecule has 8 nitrogen and oxygen atoms in total. The molecular formula is C19H16N4O4. The van der Waals surface area contributed by atoms with Gasteiger partial charge in [-0.3, -0.25) is 24.6 Å². The van der Waals surface area contributed by atoms with Gasteiger partial charge in [-0.05, 0) is 35.9 Å². The van der Waals surface area contributed by atoms with Crippen molar-refractivity contribution in [3.8, 4) is 5.75 Å². The number of ether oxygens (including phenoxy) is 1. The van der Waals surface area contributed by atoms with Crippen LogP contribution in [0.2, 0.25) is 0 Å². The summed E-state index contributed by atoms with van der Waals surface area (Å²) in [6.07, 6.45) is 8.84. The molecule has 0 atom stereocenters. The molecule has 0 amide bonds. The summed E-state index contributed by atoms with van der Waals surface area (Å²) < 4.78 is 6.81. The van der Waals surface area contributed by atoms with Crippen molar-refractivity contribution in [2.75, 3.05) is 7.11 Å². The van der Waals surface area contributed by atoms with Gasteiger partial charge in [-0.2, -0.15) is 5.10 Å². The maximum absolute atomic E-state index is 12.2. The van der Waals surface area contributed by atoms with Crippen LogP contribution in [0.4, 0.5) is 5.69 Å². The Balaban J connectivity index is 1.81. The molecule has 8 heteroatoms. The van der Waals surface area contributed by atoms with Crippen molar-refractivity contribution in [2.24, 2.45) is 0 Å². The van der Waals surface area contributed by atoms with Gasteiger partial charge in [0.15, 0.2) is 5.78 Å². The third-order valence-corrected chi connectivity index (χ3v) is 3.84. The first kappa shape index (κ1) is 18.0. The monoisotopic (exact) mass is 364 g/mol. The molecule has 0 spiro atoms. The Morgan fingerprint density at radius 1 is 1.33 bits per heavy atom. The highest BCUT2D eigenvalue weighted by atomic mass is 16.6. The average molecular weight is 364 g/mol. The van der Waals surface area contributed by atoms with Gasteiger partial charge >= 0.3 is 5.69 Å². The van der Waals surface area contributed by atoms with E-state index in [9.17, 15) is 14.9 Å². The van der Waals surface area contributed by atoms with E-state index in [1.165, 1.54) is 29.3 Å². The van der Waals surface area contributed by atoms with Gasteiger partial charge in [0.25, 0.3) is 0 Å². The van der Waals surface area contributed by atoms with Crippen LogP contribution >= 0.6 is 0 Å². The highest BCUT2D eigenvalue weighted by molar-refractivity contribution is 6.06. The fourth-order valence-electron chi connectivity index (χ4n) is 2.51. The molecular weight excluding hydrogens is 348 g/mol. The largest absolute Gasteiger partial charge is 0.496 e. The van der Waals surface area contributed by atoms with Crippen molar-refractivity contribution >= 4 is 17.5 Å². The summed E-state index contributed by atoms with van der Waals surface area (Å²) >= 11 is 0. The number of aromatic nitrogens is 3. The predicted octanol–water partition coefficient (Wildman–Crippen LogP) is 3.14. The fraction of sp³-hybridized carbons (Fsp3) is 0.105. The number of pyridine rings is 1. The zero-order valence-electron chi connectivity index (χ0n) is 14.5. The molecule has 0 saturated heterocycles. The quantitative estimate of drug-likeness (QED) is 0.276. The van der Waals surface area contributed by atoms with Gasteiger partial charge in [-0.1, -0.05) is 12.1 Å². The molecule has 27 heavy (non-hydrogen) atoms. The number of carbonyl (C=O) groups is 1. The molecule has 3 rings (SSSR count). The van der Waals surface area contributed by atoms with Gasteiger partial charge in [-0.15, -0.1) is 0 Å². The summed E-state index contributed by atoms with van der Waals surface area (Å²) in [6, 6.07) is 8.85. The van der Waals surface area contributed by atoms with E-state index in [2.05, 4.69) is 10.1 Å². The van der Waals surface area contributed by atoms with Crippen LogP contribution < -0.4 is 4.74 Å². The molecule has 2 heterocycles. The van der Waals surface area contributed by atoms with E-state index in [4.69, 9.17) is 4.74 Å². The van der Waals surface area contributed by atoms with E-state index < -0.39 is 4.92 Å². The zero-order chi connectivity index (χ0) is 19.2. The number of nitrogens with zero attached hydrogens (tertiary/aromatic N) is 4. The minimum Gasteiger partial charge on any atom is -0.496 e. The molecule has 0 N–H and O–H groups in total. The molecule has 0 fully saturated rings. The SMILES string of the molecule is COc1ccc(/C=C/C(=O)c2cccnc2)cc1Cn1cc([N+](=O)[O-])cn1. The molecule has 0 bridgehead atoms. The number of nitro groups is 1. The van der Waals surface area contributed by atoms with E-state index in [-0.39, 0.29) is 11.5 Å². The Morgan fingerprint density at radius 2 is 2.19 bits per heavy atom. The zero-order valence-corrected chi connectivity index (χ0v) is 14.5. The lowest BCUT2D eigenvalue weighted by Gasteiger charge is -2.09. The Bertz CT molecular complexity index is 996. The second-order valence-corrected chi connectivity index (χ2v) is 5.66. The highest BCUT2D eigenvalue weighted by Crippen LogP contribution is 2.22. The lowest BCUT2D eigenvalue weighted by atomic mass is 10.1. The van der Waals surface area contributed by atoms with Crippen LogP contribution in [-0.2, 0) is 6.54 Å². The number of carbonyl (C=O) groups excluding carboxylic acids is 1. The summed E-state index contributed by atoms with van der Waals surface area (Å²) in [5, 5.41) is 14.8. The predicted molar refractivity (Wildman–Crippen MR) is 98.6 cm³/mol. The molecule has 136 valence electrons. The Labute approximate surface area is 154 Å². The Morgan fingerprint density at radius 3 is 2.85 bits per heavy atom. The third kappa shape index (κ3) is 4.43. The Hall–Kier alpha value is -3.81. The average Bonchev–Trinajstić information content (AvgIpc) is 3.16. The van der Waals surface area contributed by atoms with Crippen molar-refractivity contribution in [1.82, 2.24) is 14.8 Å². The lowest BCUT2D eigenvalue weighted by Crippen LogP contribution is -2.02. The minimum absolute atomic E-state index is 0.0768. The van der Waals surface area contributed by atoms with Gasteiger partial charge in [0.1, 0.15) is 18.1 Å². The topological polar surface area (TPSA) is 100 Å². The van der Waals surface area contributed by atoms with Gasteiger partial charge in [0.2, 0.25) is 0 Å². The second kappa shape index (κ2) is 8.05. The standard InChI is InChI=1S/C19H16N4O4/c1-27-19-7-5-14(4-6-18(24)15-3-2-8-20-10-15)9-16(19)12-22-13-17(11-21-22)23(25)26/h2-11,13H,12H2,1H3/b6-4+. The van der Waals surface area contributed by atoms with Gasteiger partial charge in [0.05, 0.1) is 18.6 Å². The van der Waals surface area contributed by atoms with Gasteiger partial charge in [-0.25, -0.2) is 0 Å². The number of allylic oxidation sites excluding steroid dienone is 1. The van der Waals surface area contributed by atoms with Crippen molar-refractivity contribution in [3.05, 3.63) is 88.0 Å². The van der Waals surface area contributed by atoms with Crippen LogP contribution in [0.3, 0.4) is 0 Å². The van der Waals surface area contributed by atoms with Crippen LogP contribution in [0.25, 0.3) is 6.08 Å². The van der Waals surface area contributed by atoms with E-state index in [1.54, 1.807) is 37.6 Å². The van der Waals surface area contributed by atoms with E-state index in [1.807, 2.05) is 12.1 Å². The first-order valence-corrected chi connectivity index (χ1v) is 8.03. The molecule has 0 aliphatic rings. The Kier molecular flexibility index (Phi) is 5.36. The minimum atomic E-state index is -0.496. The first-order chi connectivity index (χ1) is 13.1. The number of hydrogen-bond acceptors (Lipinski definition) is 6.